The number of aromatic nitrogens is 3. The molecule has 0 aliphatic carbocycles. The van der Waals surface area contributed by atoms with Gasteiger partial charge in [0.05, 0.1) is 17.7 Å². The second kappa shape index (κ2) is 14.3. The van der Waals surface area contributed by atoms with Crippen molar-refractivity contribution in [3.8, 4) is 28.9 Å². The summed E-state index contributed by atoms with van der Waals surface area (Å²) in [5, 5.41) is 17.8. The predicted molar refractivity (Wildman–Crippen MR) is 177 cm³/mol. The molecule has 1 N–H and O–H groups in total. The van der Waals surface area contributed by atoms with Crippen molar-refractivity contribution in [2.45, 2.75) is 58.4 Å². The zero-order valence-electron chi connectivity index (χ0n) is 26.3. The zero-order chi connectivity index (χ0) is 33.7. The number of rotatable bonds is 8. The lowest BCUT2D eigenvalue weighted by Gasteiger charge is -2.37. The third kappa shape index (κ3) is 8.31. The van der Waals surface area contributed by atoms with Crippen molar-refractivity contribution >= 4 is 28.6 Å². The smallest absolute Gasteiger partial charge is 0.406 e. The molecule has 9 nitrogen and oxygen atoms in total. The fourth-order valence-electron chi connectivity index (χ4n) is 5.22. The van der Waals surface area contributed by atoms with Crippen LogP contribution in [0.4, 0.5) is 23.7 Å². The Hall–Kier alpha value is -4.83. The van der Waals surface area contributed by atoms with Gasteiger partial charge in [-0.3, -0.25) is 0 Å². The van der Waals surface area contributed by atoms with Gasteiger partial charge in [-0.25, -0.2) is 14.5 Å². The van der Waals surface area contributed by atoms with Gasteiger partial charge >= 0.3 is 12.4 Å². The van der Waals surface area contributed by atoms with Crippen LogP contribution >= 0.6 is 11.8 Å². The number of hydrogen-bond donors (Lipinski definition) is 1. The lowest BCUT2D eigenvalue weighted by Crippen LogP contribution is -2.43. The molecule has 1 fully saturated rings. The molecule has 1 saturated heterocycles. The Bertz CT molecular complexity index is 1780. The van der Waals surface area contributed by atoms with Gasteiger partial charge in [-0.2, -0.15) is 10.3 Å². The summed E-state index contributed by atoms with van der Waals surface area (Å²) in [6.07, 6.45) is -2.35. The summed E-state index contributed by atoms with van der Waals surface area (Å²) in [6, 6.07) is 20.7. The molecule has 1 aromatic heterocycles. The highest BCUT2D eigenvalue weighted by Gasteiger charge is 2.31. The summed E-state index contributed by atoms with van der Waals surface area (Å²) in [5.41, 5.74) is 5.28. The number of aliphatic imine (C=N–C) groups is 1. The highest BCUT2D eigenvalue weighted by molar-refractivity contribution is 8.14. The first-order chi connectivity index (χ1) is 22.4. The molecule has 4 aromatic rings. The molecule has 0 bridgehead atoms. The average molecular weight is 662 g/mol. The van der Waals surface area contributed by atoms with Gasteiger partial charge < -0.3 is 15.0 Å². The van der Waals surface area contributed by atoms with E-state index >= 15 is 0 Å². The fourth-order valence-corrected chi connectivity index (χ4v) is 6.43. The van der Waals surface area contributed by atoms with E-state index in [4.69, 9.17) is 0 Å². The number of benzene rings is 3. The molecule has 1 aliphatic heterocycles. The first-order valence-corrected chi connectivity index (χ1v) is 16.1. The number of nitrogens with zero attached hydrogens (tertiary/aromatic N) is 6. The summed E-state index contributed by atoms with van der Waals surface area (Å²) in [6.45, 7) is 8.58. The van der Waals surface area contributed by atoms with Crippen LogP contribution in [-0.2, 0) is 0 Å². The van der Waals surface area contributed by atoms with Crippen molar-refractivity contribution in [1.82, 2.24) is 20.1 Å². The molecule has 2 unspecified atom stereocenters. The van der Waals surface area contributed by atoms with E-state index in [9.17, 15) is 23.2 Å². The fraction of sp³-hybridized carbons (Fsp3) is 0.324. The third-order valence-electron chi connectivity index (χ3n) is 7.69. The molecule has 13 heteroatoms. The molecule has 2 heterocycles. The monoisotopic (exact) mass is 661 g/mol. The van der Waals surface area contributed by atoms with Crippen LogP contribution in [-0.4, -0.2) is 50.7 Å². The van der Waals surface area contributed by atoms with Crippen molar-refractivity contribution < 1.29 is 22.7 Å². The molecule has 0 radical (unpaired) electrons. The minimum absolute atomic E-state index is 0.0777. The minimum atomic E-state index is -4.77. The summed E-state index contributed by atoms with van der Waals surface area (Å²) in [5.74, 6) is 0.601. The van der Waals surface area contributed by atoms with Crippen LogP contribution in [0.2, 0.25) is 0 Å². The van der Waals surface area contributed by atoms with Crippen LogP contribution in [0, 0.1) is 18.3 Å². The number of ether oxygens (including phenoxy) is 1. The average Bonchev–Trinajstić information content (AvgIpc) is 3.52. The molecular weight excluding hydrogens is 627 g/mol. The number of alkyl halides is 3. The Kier molecular flexibility index (Phi) is 10.2. The van der Waals surface area contributed by atoms with Crippen molar-refractivity contribution in [2.75, 3.05) is 17.2 Å². The number of hydrogen-bond acceptors (Lipinski definition) is 6. The minimum Gasteiger partial charge on any atom is -0.406 e. The summed E-state index contributed by atoms with van der Waals surface area (Å²) in [4.78, 5) is 24.0. The Balaban J connectivity index is 1.24. The van der Waals surface area contributed by atoms with Crippen LogP contribution in [0.1, 0.15) is 55.7 Å². The lowest BCUT2D eigenvalue weighted by molar-refractivity contribution is -0.274. The number of nitrogens with one attached hydrogen (secondary N) is 1. The maximum Gasteiger partial charge on any atom is 0.573 e. The van der Waals surface area contributed by atoms with Gasteiger partial charge in [-0.1, -0.05) is 62.0 Å². The van der Waals surface area contributed by atoms with E-state index in [2.05, 4.69) is 82.0 Å². The number of thioether (sulfide) groups is 1. The number of urea groups is 1. The molecule has 1 aliphatic rings. The van der Waals surface area contributed by atoms with Gasteiger partial charge in [0.2, 0.25) is 0 Å². The Morgan fingerprint density at radius 1 is 1.15 bits per heavy atom. The molecule has 47 heavy (non-hydrogen) atoms. The highest BCUT2D eigenvalue weighted by atomic mass is 32.2. The second-order valence-corrected chi connectivity index (χ2v) is 12.6. The molecule has 0 spiro atoms. The number of halogens is 3. The largest absolute Gasteiger partial charge is 0.573 e. The quantitative estimate of drug-likeness (QED) is 0.204. The first-order valence-electron chi connectivity index (χ1n) is 15.1. The standard InChI is InChI=1S/C34H34F3N7O2S/c1-21(2)29-14-5-22(3)17-30(29)44-23(4)15-16-47-33(44)41-32(45)39-19-26(18-38)24-6-8-25(9-7-24)31-40-20-43(42-31)27-10-12-28(13-11-27)46-34(35,36)37/h5-14,17,20-21,23,26H,15-16,19H2,1-4H3,(H,39,45)/b41-33-. The van der Waals surface area contributed by atoms with Gasteiger partial charge in [0.25, 0.3) is 0 Å². The van der Waals surface area contributed by atoms with Crippen molar-refractivity contribution in [2.24, 2.45) is 4.99 Å². The van der Waals surface area contributed by atoms with Crippen LogP contribution in [0.25, 0.3) is 17.1 Å². The number of carbonyl (C=O) groups is 1. The second-order valence-electron chi connectivity index (χ2n) is 11.5. The van der Waals surface area contributed by atoms with Crippen molar-refractivity contribution in [3.63, 3.8) is 0 Å². The molecule has 244 valence electrons. The summed E-state index contributed by atoms with van der Waals surface area (Å²) >= 11 is 1.55. The van der Waals surface area contributed by atoms with Crippen LogP contribution in [0.3, 0.4) is 0 Å². The Morgan fingerprint density at radius 2 is 1.87 bits per heavy atom. The van der Waals surface area contributed by atoms with E-state index in [0.29, 0.717) is 33.7 Å². The predicted octanol–water partition coefficient (Wildman–Crippen LogP) is 7.97. The SMILES string of the molecule is Cc1ccc(C(C)C)c(N2/C(=N/C(=O)NCC(C#N)c3ccc(-c4ncn(-c5ccc(OC(F)(F)F)cc5)n4)cc3)SCCC2C)c1. The van der Waals surface area contributed by atoms with E-state index in [1.807, 2.05) is 0 Å². The van der Waals surface area contributed by atoms with Gasteiger partial charge in [-0.05, 0) is 73.2 Å². The maximum atomic E-state index is 13.0. The van der Waals surface area contributed by atoms with E-state index in [-0.39, 0.29) is 18.3 Å². The molecule has 2 atom stereocenters. The lowest BCUT2D eigenvalue weighted by atomic mass is 9.98. The normalized spacial score (nSPS) is 16.6. The zero-order valence-corrected chi connectivity index (χ0v) is 27.1. The van der Waals surface area contributed by atoms with E-state index < -0.39 is 18.3 Å². The van der Waals surface area contributed by atoms with Crippen molar-refractivity contribution in [3.05, 3.63) is 89.7 Å². The van der Waals surface area contributed by atoms with Gasteiger partial charge in [0.15, 0.2) is 11.0 Å². The maximum absolute atomic E-state index is 13.0. The summed E-state index contributed by atoms with van der Waals surface area (Å²) in [7, 11) is 0. The molecule has 5 rings (SSSR count). The highest BCUT2D eigenvalue weighted by Crippen LogP contribution is 2.35. The number of anilines is 1. The van der Waals surface area contributed by atoms with E-state index in [1.54, 1.807) is 36.0 Å². The molecule has 3 aromatic carbocycles. The molecule has 2 amide bonds. The van der Waals surface area contributed by atoms with Gasteiger partial charge in [0.1, 0.15) is 12.1 Å². The topological polar surface area (TPSA) is 108 Å². The number of amidine groups is 1. The number of carbonyl (C=O) groups excluding carboxylic acids is 1. The molecular formula is C34H34F3N7O2S. The number of aryl methyl sites for hydroxylation is 1. The summed E-state index contributed by atoms with van der Waals surface area (Å²) < 4.78 is 42.7. The first kappa shape index (κ1) is 33.5. The van der Waals surface area contributed by atoms with Crippen molar-refractivity contribution in [1.29, 1.82) is 5.26 Å². The Morgan fingerprint density at radius 3 is 2.53 bits per heavy atom. The van der Waals surface area contributed by atoms with Gasteiger partial charge in [0, 0.05) is 29.6 Å². The van der Waals surface area contributed by atoms with Gasteiger partial charge in [-0.15, -0.1) is 18.3 Å². The van der Waals surface area contributed by atoms with Crippen LogP contribution in [0.15, 0.2) is 78.0 Å². The Labute approximate surface area is 275 Å². The number of nitriles is 1. The van der Waals surface area contributed by atoms with Crippen LogP contribution in [0.5, 0.6) is 5.75 Å². The number of amides is 2. The molecule has 0 saturated carbocycles. The van der Waals surface area contributed by atoms with E-state index in [1.165, 1.54) is 40.8 Å². The van der Waals surface area contributed by atoms with Crippen LogP contribution < -0.4 is 15.0 Å². The third-order valence-corrected chi connectivity index (χ3v) is 8.68. The van der Waals surface area contributed by atoms with E-state index in [0.717, 1.165) is 23.4 Å².